The van der Waals surface area contributed by atoms with Gasteiger partial charge in [-0.2, -0.15) is 0 Å². The molecule has 8 atom stereocenters. The highest BCUT2D eigenvalue weighted by Crippen LogP contribution is 2.51. The molecule has 0 aliphatic carbocycles. The monoisotopic (exact) mass is 508 g/mol. The van der Waals surface area contributed by atoms with Gasteiger partial charge in [-0.05, 0) is 33.7 Å². The van der Waals surface area contributed by atoms with E-state index in [2.05, 4.69) is 16.0 Å². The minimum Gasteiger partial charge on any atom is -0.477 e. The topological polar surface area (TPSA) is 157 Å². The fourth-order valence-corrected chi connectivity index (χ4v) is 7.47. The zero-order valence-corrected chi connectivity index (χ0v) is 21.4. The number of nitrogens with zero attached hydrogens (tertiary/aromatic N) is 2. The smallest absolute Gasteiger partial charge is 0.353 e. The van der Waals surface area contributed by atoms with Crippen molar-refractivity contribution in [3.63, 3.8) is 0 Å². The first-order valence-corrected chi connectivity index (χ1v) is 13.1. The summed E-state index contributed by atoms with van der Waals surface area (Å²) >= 11 is 1.46. The third-order valence-corrected chi connectivity index (χ3v) is 9.14. The van der Waals surface area contributed by atoms with Gasteiger partial charge in [0.15, 0.2) is 0 Å². The lowest BCUT2D eigenvalue weighted by Crippen LogP contribution is -2.66. The molecule has 3 fully saturated rings. The summed E-state index contributed by atoms with van der Waals surface area (Å²) in [5, 5.41) is 18.9. The highest BCUT2D eigenvalue weighted by Gasteiger charge is 2.60. The highest BCUT2D eigenvalue weighted by atomic mass is 32.2. The first-order valence-electron chi connectivity index (χ1n) is 12.3. The van der Waals surface area contributed by atoms with Crippen molar-refractivity contribution in [3.05, 3.63) is 10.6 Å². The largest absolute Gasteiger partial charge is 0.477 e. The first kappa shape index (κ1) is 25.9. The van der Waals surface area contributed by atoms with E-state index in [1.807, 2.05) is 18.7 Å². The molecule has 35 heavy (non-hydrogen) atoms. The molecule has 4 heterocycles. The molecular weight excluding hydrogens is 472 g/mol. The summed E-state index contributed by atoms with van der Waals surface area (Å²) in [6.07, 6.45) is 1.38. The number of nitrogens with one attached hydrogen (secondary N) is 3. The van der Waals surface area contributed by atoms with Crippen molar-refractivity contribution in [2.24, 2.45) is 17.6 Å². The van der Waals surface area contributed by atoms with Crippen LogP contribution in [-0.2, 0) is 19.2 Å². The number of carboxylic acid groups (broad SMARTS) is 1. The number of aliphatic carboxylic acids is 1. The summed E-state index contributed by atoms with van der Waals surface area (Å²) < 4.78 is 0. The summed E-state index contributed by atoms with van der Waals surface area (Å²) in [7, 11) is 1.67. The van der Waals surface area contributed by atoms with Crippen LogP contribution < -0.4 is 21.7 Å². The van der Waals surface area contributed by atoms with Crippen LogP contribution in [0.4, 0.5) is 0 Å². The molecule has 4 aliphatic heterocycles. The van der Waals surface area contributed by atoms with Crippen LogP contribution in [0.1, 0.15) is 33.6 Å². The Morgan fingerprint density at radius 3 is 2.60 bits per heavy atom. The lowest BCUT2D eigenvalue weighted by Gasteiger charge is -2.47. The summed E-state index contributed by atoms with van der Waals surface area (Å²) in [4.78, 5) is 54.1. The summed E-state index contributed by atoms with van der Waals surface area (Å²) in [5.74, 6) is -2.22. The van der Waals surface area contributed by atoms with Gasteiger partial charge in [0, 0.05) is 47.3 Å². The second-order valence-electron chi connectivity index (χ2n) is 10.2. The Bertz CT molecular complexity index is 943. The number of fused-ring (bicyclic) bond motifs is 1. The molecule has 3 amide bonds. The van der Waals surface area contributed by atoms with Crippen molar-refractivity contribution in [2.45, 2.75) is 69.1 Å². The molecule has 11 nitrogen and oxygen atoms in total. The van der Waals surface area contributed by atoms with Gasteiger partial charge in [-0.1, -0.05) is 6.92 Å². The molecule has 3 saturated heterocycles. The third-order valence-electron chi connectivity index (χ3n) is 7.63. The van der Waals surface area contributed by atoms with E-state index < -0.39 is 17.9 Å². The van der Waals surface area contributed by atoms with Crippen LogP contribution in [0.5, 0.6) is 0 Å². The number of likely N-dealkylation sites (N-methyl/N-ethyl adjacent to an activating group) is 1. The van der Waals surface area contributed by atoms with Gasteiger partial charge >= 0.3 is 5.97 Å². The van der Waals surface area contributed by atoms with E-state index in [1.54, 1.807) is 14.0 Å². The maximum atomic E-state index is 13.0. The molecule has 0 unspecified atom stereocenters. The van der Waals surface area contributed by atoms with Crippen molar-refractivity contribution >= 4 is 35.5 Å². The average Bonchev–Trinajstić information content (AvgIpc) is 3.44. The normalized spacial score (nSPS) is 35.2. The van der Waals surface area contributed by atoms with Crippen molar-refractivity contribution in [3.8, 4) is 0 Å². The molecule has 0 aromatic heterocycles. The van der Waals surface area contributed by atoms with E-state index in [0.29, 0.717) is 24.4 Å². The van der Waals surface area contributed by atoms with Gasteiger partial charge in [0.25, 0.3) is 0 Å². The number of carboxylic acids is 1. The first-order chi connectivity index (χ1) is 16.5. The number of rotatable bonds is 8. The van der Waals surface area contributed by atoms with E-state index in [0.717, 1.165) is 6.42 Å². The number of amides is 3. The standard InChI is InChI=1S/C23H36N6O5S/c1-10-5-13(24)9-28(10)21(31)15-6-14(7-26-15)35-20-11(2)18-17(12(3)27-16(30)8-25-4)22(32)29(18)19(20)23(33)34/h10-15,17-18,25-26H,5-9,24H2,1-4H3,(H,27,30)(H,33,34)/t10-,11-,12-,13+,14+,15+,17-,18-/m1/s1. The number of hydrogen-bond donors (Lipinski definition) is 5. The van der Waals surface area contributed by atoms with Crippen LogP contribution in [0, 0.1) is 11.8 Å². The molecular formula is C23H36N6O5S. The fourth-order valence-electron chi connectivity index (χ4n) is 5.99. The molecule has 0 bridgehead atoms. The van der Waals surface area contributed by atoms with Crippen LogP contribution in [0.2, 0.25) is 0 Å². The number of carbonyl (C=O) groups excluding carboxylic acids is 3. The minimum absolute atomic E-state index is 0.00330. The Labute approximate surface area is 209 Å². The molecule has 0 radical (unpaired) electrons. The van der Waals surface area contributed by atoms with Gasteiger partial charge in [0.1, 0.15) is 5.70 Å². The number of nitrogens with two attached hydrogens (primary N) is 1. The third kappa shape index (κ3) is 4.68. The van der Waals surface area contributed by atoms with Gasteiger partial charge in [0.2, 0.25) is 17.7 Å². The quantitative estimate of drug-likeness (QED) is 0.257. The minimum atomic E-state index is -1.13. The van der Waals surface area contributed by atoms with Crippen molar-refractivity contribution in [1.29, 1.82) is 0 Å². The molecule has 0 spiro atoms. The molecule has 4 aliphatic rings. The molecule has 194 valence electrons. The Morgan fingerprint density at radius 1 is 1.29 bits per heavy atom. The van der Waals surface area contributed by atoms with Crippen LogP contribution >= 0.6 is 11.8 Å². The average molecular weight is 509 g/mol. The molecule has 4 rings (SSSR count). The van der Waals surface area contributed by atoms with Crippen molar-refractivity contribution < 1.29 is 24.3 Å². The van der Waals surface area contributed by atoms with E-state index in [4.69, 9.17) is 5.73 Å². The maximum Gasteiger partial charge on any atom is 0.353 e. The Balaban J connectivity index is 1.44. The Hall–Kier alpha value is -2.15. The highest BCUT2D eigenvalue weighted by molar-refractivity contribution is 8.03. The van der Waals surface area contributed by atoms with Crippen LogP contribution in [-0.4, -0.2) is 101 Å². The molecule has 0 aromatic rings. The molecule has 0 aromatic carbocycles. The molecule has 0 saturated carbocycles. The van der Waals surface area contributed by atoms with Crippen LogP contribution in [0.15, 0.2) is 10.6 Å². The predicted molar refractivity (Wildman–Crippen MR) is 131 cm³/mol. The fraction of sp³-hybridized carbons (Fsp3) is 0.739. The van der Waals surface area contributed by atoms with E-state index >= 15 is 0 Å². The van der Waals surface area contributed by atoms with E-state index in [9.17, 15) is 24.3 Å². The van der Waals surface area contributed by atoms with Gasteiger partial charge in [-0.3, -0.25) is 14.4 Å². The predicted octanol–water partition coefficient (Wildman–Crippen LogP) is -1.10. The Morgan fingerprint density at radius 2 is 2.00 bits per heavy atom. The maximum absolute atomic E-state index is 13.0. The molecule has 6 N–H and O–H groups in total. The van der Waals surface area contributed by atoms with Gasteiger partial charge in [-0.25, -0.2) is 4.79 Å². The second-order valence-corrected chi connectivity index (χ2v) is 11.5. The second kappa shape index (κ2) is 10.1. The summed E-state index contributed by atoms with van der Waals surface area (Å²) in [6.45, 7) is 7.02. The van der Waals surface area contributed by atoms with E-state index in [-0.39, 0.29) is 65.3 Å². The van der Waals surface area contributed by atoms with E-state index in [1.165, 1.54) is 16.7 Å². The van der Waals surface area contributed by atoms with Crippen molar-refractivity contribution in [1.82, 2.24) is 25.8 Å². The molecule has 12 heteroatoms. The number of thioether (sulfide) groups is 1. The Kier molecular flexibility index (Phi) is 7.46. The lowest BCUT2D eigenvalue weighted by molar-refractivity contribution is -0.158. The van der Waals surface area contributed by atoms with Crippen molar-refractivity contribution in [2.75, 3.05) is 26.7 Å². The number of β-lactam (4-membered cyclic amide) rings is 1. The number of hydrogen-bond acceptors (Lipinski definition) is 8. The summed E-state index contributed by atoms with van der Waals surface area (Å²) in [6, 6.07) is -0.914. The van der Waals surface area contributed by atoms with Crippen LogP contribution in [0.25, 0.3) is 0 Å². The summed E-state index contributed by atoms with van der Waals surface area (Å²) in [5.41, 5.74) is 6.06. The van der Waals surface area contributed by atoms with Gasteiger partial charge in [0.05, 0.1) is 24.5 Å². The lowest BCUT2D eigenvalue weighted by atomic mass is 9.78. The zero-order valence-electron chi connectivity index (χ0n) is 20.6. The van der Waals surface area contributed by atoms with Crippen LogP contribution in [0.3, 0.4) is 0 Å². The number of likely N-dealkylation sites (tertiary alicyclic amines) is 1. The number of carbonyl (C=O) groups is 4. The van der Waals surface area contributed by atoms with Gasteiger partial charge < -0.3 is 36.6 Å². The van der Waals surface area contributed by atoms with Gasteiger partial charge in [-0.15, -0.1) is 11.8 Å². The zero-order chi connectivity index (χ0) is 25.6. The SMILES string of the molecule is CNCC(=O)N[C@H](C)[C@H]1C(=O)N2C(C(=O)O)=C(S[C@@H]3CN[C@H](C(=O)N4C[C@@H](N)C[C@H]4C)C3)[C@H](C)[C@H]12.